The van der Waals surface area contributed by atoms with Gasteiger partial charge in [0.05, 0.1) is 0 Å². The summed E-state index contributed by atoms with van der Waals surface area (Å²) >= 11 is 0. The third-order valence-corrected chi connectivity index (χ3v) is 5.94. The molecule has 0 amide bonds. The highest BCUT2D eigenvalue weighted by atomic mass is 31.2. The Morgan fingerprint density at radius 3 is 1.32 bits per heavy atom. The van der Waals surface area contributed by atoms with Crippen molar-refractivity contribution in [2.45, 2.75) is 68.2 Å². The summed E-state index contributed by atoms with van der Waals surface area (Å²) in [7, 11) is -3.30. The molecule has 0 aliphatic rings. The standard InChI is InChI=1S/C16H35O2P/c1-13(2)9-15(5,6)11-19(17,18)12-16(7,8)10-14(3)4/h13-14H,9-12H2,1-8H3,(H,17,18)/p-1. The molecule has 0 saturated heterocycles. The van der Waals surface area contributed by atoms with Crippen LogP contribution in [0.1, 0.15) is 68.2 Å². The molecule has 0 rings (SSSR count). The Labute approximate surface area is 120 Å². The summed E-state index contributed by atoms with van der Waals surface area (Å²) in [4.78, 5) is 12.5. The molecule has 0 aliphatic heterocycles. The molecule has 0 fully saturated rings. The minimum atomic E-state index is -3.30. The van der Waals surface area contributed by atoms with Crippen LogP contribution < -0.4 is 4.89 Å². The first-order valence-corrected chi connectivity index (χ1v) is 9.53. The lowest BCUT2D eigenvalue weighted by atomic mass is 9.86. The maximum absolute atomic E-state index is 12.5. The van der Waals surface area contributed by atoms with E-state index in [-0.39, 0.29) is 10.8 Å². The zero-order valence-corrected chi connectivity index (χ0v) is 15.1. The van der Waals surface area contributed by atoms with Gasteiger partial charge >= 0.3 is 0 Å². The lowest BCUT2D eigenvalue weighted by Gasteiger charge is -2.39. The molecule has 0 spiro atoms. The molecule has 0 aliphatic carbocycles. The summed E-state index contributed by atoms with van der Waals surface area (Å²) in [6, 6.07) is 0. The SMILES string of the molecule is CC(C)CC(C)(C)CP(=O)([O-])CC(C)(C)CC(C)C. The summed E-state index contributed by atoms with van der Waals surface area (Å²) in [5.41, 5.74) is -0.224. The fraction of sp³-hybridized carbons (Fsp3) is 1.00. The zero-order chi connectivity index (χ0) is 15.5. The highest BCUT2D eigenvalue weighted by molar-refractivity contribution is 7.56. The average molecular weight is 289 g/mol. The summed E-state index contributed by atoms with van der Waals surface area (Å²) in [5.74, 6) is 1.08. The van der Waals surface area contributed by atoms with Gasteiger partial charge in [0.1, 0.15) is 0 Å². The molecule has 0 saturated carbocycles. The monoisotopic (exact) mass is 289 g/mol. The second-order valence-electron chi connectivity index (χ2n) is 8.66. The molecule has 116 valence electrons. The zero-order valence-electron chi connectivity index (χ0n) is 14.2. The van der Waals surface area contributed by atoms with Crippen LogP contribution in [0.15, 0.2) is 0 Å². The van der Waals surface area contributed by atoms with E-state index < -0.39 is 7.37 Å². The highest BCUT2D eigenvalue weighted by Gasteiger charge is 2.30. The van der Waals surface area contributed by atoms with Crippen molar-refractivity contribution in [3.8, 4) is 0 Å². The quantitative estimate of drug-likeness (QED) is 0.604. The Hall–Kier alpha value is 0.190. The van der Waals surface area contributed by atoms with Crippen LogP contribution in [0.2, 0.25) is 0 Å². The number of rotatable bonds is 8. The molecule has 0 unspecified atom stereocenters. The molecule has 0 atom stereocenters. The first-order chi connectivity index (χ1) is 8.25. The Morgan fingerprint density at radius 1 is 0.842 bits per heavy atom. The van der Waals surface area contributed by atoms with E-state index >= 15 is 0 Å². The molecule has 0 heterocycles. The van der Waals surface area contributed by atoms with Gasteiger partial charge in [0, 0.05) is 7.37 Å². The smallest absolute Gasteiger partial charge is 0.0158 e. The Balaban J connectivity index is 4.67. The Morgan fingerprint density at radius 2 is 1.11 bits per heavy atom. The van der Waals surface area contributed by atoms with Crippen LogP contribution in [-0.2, 0) is 4.57 Å². The van der Waals surface area contributed by atoms with E-state index in [1.807, 2.05) is 0 Å². The minimum Gasteiger partial charge on any atom is -0.799 e. The number of hydrogen-bond donors (Lipinski definition) is 0. The molecule has 0 radical (unpaired) electrons. The molecule has 0 bridgehead atoms. The molecular formula is C16H34O2P-. The first-order valence-electron chi connectivity index (χ1n) is 7.54. The second kappa shape index (κ2) is 6.76. The van der Waals surface area contributed by atoms with Crippen molar-refractivity contribution < 1.29 is 9.46 Å². The molecule has 0 aromatic rings. The van der Waals surface area contributed by atoms with E-state index in [4.69, 9.17) is 0 Å². The Bertz CT molecular complexity index is 289. The van der Waals surface area contributed by atoms with Crippen molar-refractivity contribution >= 4 is 7.37 Å². The minimum absolute atomic E-state index is 0.112. The molecule has 0 aromatic carbocycles. The topological polar surface area (TPSA) is 40.1 Å². The summed E-state index contributed by atoms with van der Waals surface area (Å²) in [6.07, 6.45) is 2.59. The van der Waals surface area contributed by atoms with Crippen LogP contribution in [0.3, 0.4) is 0 Å². The van der Waals surface area contributed by atoms with E-state index in [1.54, 1.807) is 0 Å². The van der Waals surface area contributed by atoms with E-state index in [0.29, 0.717) is 24.2 Å². The highest BCUT2D eigenvalue weighted by Crippen LogP contribution is 2.49. The van der Waals surface area contributed by atoms with Crippen molar-refractivity contribution in [2.75, 3.05) is 12.3 Å². The predicted octanol–water partition coefficient (Wildman–Crippen LogP) is 4.77. The van der Waals surface area contributed by atoms with Crippen molar-refractivity contribution in [2.24, 2.45) is 22.7 Å². The van der Waals surface area contributed by atoms with Crippen LogP contribution >= 0.6 is 7.37 Å². The van der Waals surface area contributed by atoms with Crippen molar-refractivity contribution in [1.29, 1.82) is 0 Å². The average Bonchev–Trinajstić information content (AvgIpc) is 1.89. The summed E-state index contributed by atoms with van der Waals surface area (Å²) < 4.78 is 12.5. The van der Waals surface area contributed by atoms with E-state index in [0.717, 1.165) is 12.8 Å². The third kappa shape index (κ3) is 9.68. The van der Waals surface area contributed by atoms with Gasteiger partial charge in [-0.2, -0.15) is 0 Å². The van der Waals surface area contributed by atoms with Gasteiger partial charge in [-0.3, -0.25) is 0 Å². The predicted molar refractivity (Wildman–Crippen MR) is 83.8 cm³/mol. The number of hydrogen-bond acceptors (Lipinski definition) is 2. The van der Waals surface area contributed by atoms with Crippen LogP contribution in [-0.4, -0.2) is 12.3 Å². The van der Waals surface area contributed by atoms with Crippen LogP contribution in [0.25, 0.3) is 0 Å². The van der Waals surface area contributed by atoms with E-state index in [2.05, 4.69) is 55.4 Å². The summed E-state index contributed by atoms with van der Waals surface area (Å²) in [6.45, 7) is 16.9. The molecule has 0 aromatic heterocycles. The van der Waals surface area contributed by atoms with Gasteiger partial charge in [-0.05, 0) is 47.8 Å². The van der Waals surface area contributed by atoms with Crippen LogP contribution in [0, 0.1) is 22.7 Å². The normalized spacial score (nSPS) is 14.5. The van der Waals surface area contributed by atoms with Gasteiger partial charge in [0.25, 0.3) is 0 Å². The lowest BCUT2D eigenvalue weighted by Crippen LogP contribution is -2.29. The van der Waals surface area contributed by atoms with Gasteiger partial charge in [-0.1, -0.05) is 55.4 Å². The lowest BCUT2D eigenvalue weighted by molar-refractivity contribution is -0.177. The molecular weight excluding hydrogens is 255 g/mol. The van der Waals surface area contributed by atoms with Gasteiger partial charge < -0.3 is 9.46 Å². The van der Waals surface area contributed by atoms with Crippen LogP contribution in [0.5, 0.6) is 0 Å². The van der Waals surface area contributed by atoms with Gasteiger partial charge in [-0.15, -0.1) is 0 Å². The first kappa shape index (κ1) is 19.2. The largest absolute Gasteiger partial charge is 0.799 e. The molecule has 3 heteroatoms. The van der Waals surface area contributed by atoms with Crippen molar-refractivity contribution in [1.82, 2.24) is 0 Å². The van der Waals surface area contributed by atoms with Crippen molar-refractivity contribution in [3.05, 3.63) is 0 Å². The maximum Gasteiger partial charge on any atom is 0.0158 e. The molecule has 0 N–H and O–H groups in total. The maximum atomic E-state index is 12.5. The van der Waals surface area contributed by atoms with E-state index in [1.165, 1.54) is 0 Å². The molecule has 19 heavy (non-hydrogen) atoms. The fourth-order valence-electron chi connectivity index (χ4n) is 3.70. The third-order valence-electron chi connectivity index (χ3n) is 3.26. The van der Waals surface area contributed by atoms with Gasteiger partial charge in [0.15, 0.2) is 0 Å². The van der Waals surface area contributed by atoms with Gasteiger partial charge in [0.2, 0.25) is 0 Å². The van der Waals surface area contributed by atoms with Gasteiger partial charge in [-0.25, -0.2) is 0 Å². The second-order valence-corrected chi connectivity index (χ2v) is 10.9. The van der Waals surface area contributed by atoms with Crippen molar-refractivity contribution in [3.63, 3.8) is 0 Å². The Kier molecular flexibility index (Phi) is 6.83. The van der Waals surface area contributed by atoms with Crippen LogP contribution in [0.4, 0.5) is 0 Å². The molecule has 2 nitrogen and oxygen atoms in total. The summed E-state index contributed by atoms with van der Waals surface area (Å²) in [5, 5.41) is 0. The van der Waals surface area contributed by atoms with E-state index in [9.17, 15) is 9.46 Å². The fourth-order valence-corrected chi connectivity index (χ4v) is 6.68.